The number of benzene rings is 2. The molecular weight excluding hydrogens is 360 g/mol. The van der Waals surface area contributed by atoms with E-state index in [2.05, 4.69) is 10.6 Å². The smallest absolute Gasteiger partial charge is 0.237 e. The van der Waals surface area contributed by atoms with Crippen LogP contribution < -0.4 is 15.4 Å². The number of thioether (sulfide) groups is 1. The fourth-order valence-corrected chi connectivity index (χ4v) is 3.43. The van der Waals surface area contributed by atoms with Crippen LogP contribution in [0.2, 0.25) is 0 Å². The molecule has 0 aliphatic heterocycles. The van der Waals surface area contributed by atoms with Crippen LogP contribution >= 0.6 is 11.8 Å². The van der Waals surface area contributed by atoms with E-state index in [-0.39, 0.29) is 22.8 Å². The molecule has 5 nitrogen and oxygen atoms in total. The predicted molar refractivity (Wildman–Crippen MR) is 113 cm³/mol. The number of carbonyl (C=O) groups excluding carboxylic acids is 2. The molecule has 6 heteroatoms. The summed E-state index contributed by atoms with van der Waals surface area (Å²) < 4.78 is 5.09. The van der Waals surface area contributed by atoms with Crippen molar-refractivity contribution in [2.45, 2.75) is 32.9 Å². The second kappa shape index (κ2) is 9.46. The Bertz CT molecular complexity index is 796. The van der Waals surface area contributed by atoms with E-state index in [1.807, 2.05) is 32.9 Å². The predicted octanol–water partition coefficient (Wildman–Crippen LogP) is 4.32. The van der Waals surface area contributed by atoms with Gasteiger partial charge in [0.1, 0.15) is 5.75 Å². The number of hydrogen-bond donors (Lipinski definition) is 2. The Hall–Kier alpha value is -2.47. The largest absolute Gasteiger partial charge is 0.497 e. The van der Waals surface area contributed by atoms with Crippen molar-refractivity contribution in [2.75, 3.05) is 23.5 Å². The van der Waals surface area contributed by atoms with Crippen molar-refractivity contribution in [2.24, 2.45) is 0 Å². The molecule has 0 saturated heterocycles. The van der Waals surface area contributed by atoms with Gasteiger partial charge in [-0.1, -0.05) is 17.7 Å². The highest BCUT2D eigenvalue weighted by molar-refractivity contribution is 8.01. The number of rotatable bonds is 7. The average Bonchev–Trinajstić information content (AvgIpc) is 2.63. The van der Waals surface area contributed by atoms with E-state index in [0.29, 0.717) is 5.69 Å². The summed E-state index contributed by atoms with van der Waals surface area (Å²) in [5.41, 5.74) is 4.79. The third-order valence-electron chi connectivity index (χ3n) is 4.13. The van der Waals surface area contributed by atoms with Gasteiger partial charge in [0.15, 0.2) is 0 Å². The molecule has 0 heterocycles. The fourth-order valence-electron chi connectivity index (χ4n) is 2.75. The van der Waals surface area contributed by atoms with E-state index in [4.69, 9.17) is 4.74 Å². The minimum absolute atomic E-state index is 0.104. The van der Waals surface area contributed by atoms with Crippen LogP contribution in [0.15, 0.2) is 36.4 Å². The molecule has 2 aromatic carbocycles. The third-order valence-corrected chi connectivity index (χ3v) is 5.28. The van der Waals surface area contributed by atoms with Crippen LogP contribution in [0, 0.1) is 20.8 Å². The normalized spacial score (nSPS) is 11.6. The molecule has 2 rings (SSSR count). The SMILES string of the molecule is COc1ccc(NC(=O)CSC(C)C(=O)Nc2c(C)cc(C)cc2C)cc1. The van der Waals surface area contributed by atoms with Gasteiger partial charge in [-0.15, -0.1) is 11.8 Å². The van der Waals surface area contributed by atoms with Crippen molar-refractivity contribution in [1.82, 2.24) is 0 Å². The van der Waals surface area contributed by atoms with Gasteiger partial charge in [-0.2, -0.15) is 0 Å². The monoisotopic (exact) mass is 386 g/mol. The maximum absolute atomic E-state index is 12.5. The minimum Gasteiger partial charge on any atom is -0.497 e. The van der Waals surface area contributed by atoms with Gasteiger partial charge in [0.2, 0.25) is 11.8 Å². The Morgan fingerprint density at radius 1 is 1.04 bits per heavy atom. The Kier molecular flexibility index (Phi) is 7.30. The van der Waals surface area contributed by atoms with E-state index in [1.54, 1.807) is 38.3 Å². The van der Waals surface area contributed by atoms with E-state index in [0.717, 1.165) is 22.6 Å². The molecule has 0 radical (unpaired) electrons. The molecule has 2 aromatic rings. The number of carbonyl (C=O) groups is 2. The van der Waals surface area contributed by atoms with E-state index >= 15 is 0 Å². The Morgan fingerprint density at radius 2 is 1.63 bits per heavy atom. The topological polar surface area (TPSA) is 67.4 Å². The van der Waals surface area contributed by atoms with Crippen molar-refractivity contribution in [3.63, 3.8) is 0 Å². The summed E-state index contributed by atoms with van der Waals surface area (Å²) in [5, 5.41) is 5.46. The Balaban J connectivity index is 1.86. The summed E-state index contributed by atoms with van der Waals surface area (Å²) in [6.45, 7) is 7.80. The molecule has 2 N–H and O–H groups in total. The first-order valence-corrected chi connectivity index (χ1v) is 9.79. The van der Waals surface area contributed by atoms with Crippen LogP contribution in [0.25, 0.3) is 0 Å². The summed E-state index contributed by atoms with van der Waals surface area (Å²) in [4.78, 5) is 24.6. The molecule has 0 saturated carbocycles. The fraction of sp³-hybridized carbons (Fsp3) is 0.333. The second-order valence-electron chi connectivity index (χ2n) is 6.49. The zero-order valence-corrected chi connectivity index (χ0v) is 17.2. The van der Waals surface area contributed by atoms with Crippen LogP contribution in [0.3, 0.4) is 0 Å². The number of hydrogen-bond acceptors (Lipinski definition) is 4. The van der Waals surface area contributed by atoms with Crippen LogP contribution in [-0.4, -0.2) is 29.9 Å². The number of amides is 2. The van der Waals surface area contributed by atoms with Gasteiger partial charge in [0.05, 0.1) is 18.1 Å². The standard InChI is InChI=1S/C21H26N2O3S/c1-13-10-14(2)20(15(3)11-13)23-21(25)16(4)27-12-19(24)22-17-6-8-18(26-5)9-7-17/h6-11,16H,12H2,1-5H3,(H,22,24)(H,23,25). The number of anilines is 2. The Labute approximate surface area is 164 Å². The highest BCUT2D eigenvalue weighted by Gasteiger charge is 2.17. The number of ether oxygens (including phenoxy) is 1. The van der Waals surface area contributed by atoms with Crippen molar-refractivity contribution in [3.8, 4) is 5.75 Å². The maximum Gasteiger partial charge on any atom is 0.237 e. The van der Waals surface area contributed by atoms with Gasteiger partial charge < -0.3 is 15.4 Å². The van der Waals surface area contributed by atoms with Gasteiger partial charge in [-0.05, 0) is 63.1 Å². The number of methoxy groups -OCH3 is 1. The van der Waals surface area contributed by atoms with Crippen molar-refractivity contribution in [1.29, 1.82) is 0 Å². The highest BCUT2D eigenvalue weighted by Crippen LogP contribution is 2.23. The lowest BCUT2D eigenvalue weighted by molar-refractivity contribution is -0.115. The van der Waals surface area contributed by atoms with Gasteiger partial charge in [-0.25, -0.2) is 0 Å². The first kappa shape index (κ1) is 20.8. The first-order valence-electron chi connectivity index (χ1n) is 8.74. The quantitative estimate of drug-likeness (QED) is 0.744. The molecule has 0 spiro atoms. The number of nitrogens with one attached hydrogen (secondary N) is 2. The molecular formula is C21H26N2O3S. The van der Waals surface area contributed by atoms with Gasteiger partial charge >= 0.3 is 0 Å². The average molecular weight is 387 g/mol. The molecule has 144 valence electrons. The highest BCUT2D eigenvalue weighted by atomic mass is 32.2. The lowest BCUT2D eigenvalue weighted by Gasteiger charge is -2.16. The van der Waals surface area contributed by atoms with Crippen LogP contribution in [0.5, 0.6) is 5.75 Å². The molecule has 0 fully saturated rings. The molecule has 0 aliphatic rings. The molecule has 0 aliphatic carbocycles. The molecule has 0 bridgehead atoms. The molecule has 2 amide bonds. The minimum atomic E-state index is -0.341. The van der Waals surface area contributed by atoms with Crippen LogP contribution in [-0.2, 0) is 9.59 Å². The summed E-state index contributed by atoms with van der Waals surface area (Å²) >= 11 is 1.30. The third kappa shape index (κ3) is 6.03. The maximum atomic E-state index is 12.5. The molecule has 0 aromatic heterocycles. The summed E-state index contributed by atoms with van der Waals surface area (Å²) in [6.07, 6.45) is 0. The van der Waals surface area contributed by atoms with E-state index < -0.39 is 0 Å². The lowest BCUT2D eigenvalue weighted by Crippen LogP contribution is -2.25. The lowest BCUT2D eigenvalue weighted by atomic mass is 10.1. The van der Waals surface area contributed by atoms with Crippen molar-refractivity contribution >= 4 is 35.0 Å². The second-order valence-corrected chi connectivity index (χ2v) is 7.82. The van der Waals surface area contributed by atoms with E-state index in [9.17, 15) is 9.59 Å². The summed E-state index contributed by atoms with van der Waals surface area (Å²) in [6, 6.07) is 11.2. The summed E-state index contributed by atoms with van der Waals surface area (Å²) in [7, 11) is 1.59. The molecule has 27 heavy (non-hydrogen) atoms. The van der Waals surface area contributed by atoms with Crippen LogP contribution in [0.1, 0.15) is 23.6 Å². The Morgan fingerprint density at radius 3 is 2.19 bits per heavy atom. The van der Waals surface area contributed by atoms with E-state index in [1.165, 1.54) is 17.3 Å². The zero-order chi connectivity index (χ0) is 20.0. The molecule has 1 unspecified atom stereocenters. The summed E-state index contributed by atoms with van der Waals surface area (Å²) in [5.74, 6) is 0.682. The van der Waals surface area contributed by atoms with Gasteiger partial charge in [0.25, 0.3) is 0 Å². The van der Waals surface area contributed by atoms with Crippen molar-refractivity contribution in [3.05, 3.63) is 53.1 Å². The van der Waals surface area contributed by atoms with Gasteiger partial charge in [-0.3, -0.25) is 9.59 Å². The zero-order valence-electron chi connectivity index (χ0n) is 16.4. The van der Waals surface area contributed by atoms with Crippen molar-refractivity contribution < 1.29 is 14.3 Å². The van der Waals surface area contributed by atoms with Gasteiger partial charge in [0, 0.05) is 11.4 Å². The molecule has 1 atom stereocenters. The number of aryl methyl sites for hydroxylation is 3. The first-order chi connectivity index (χ1) is 12.8. The van der Waals surface area contributed by atoms with Crippen LogP contribution in [0.4, 0.5) is 11.4 Å².